The van der Waals surface area contributed by atoms with Crippen molar-refractivity contribution in [2.24, 2.45) is 0 Å². The van der Waals surface area contributed by atoms with Crippen molar-refractivity contribution in [3.05, 3.63) is 29.8 Å². The standard InChI is InChI=1S/C16H21N3O3/c1-17-16(21)14-10-18(8-9-22-14)11-15(20)19-7-6-12-4-2-3-5-13(12)19/h2-5,14H,6-11H2,1H3,(H,17,21). The number of para-hydroxylation sites is 1. The van der Waals surface area contributed by atoms with Crippen molar-refractivity contribution in [1.29, 1.82) is 0 Å². The summed E-state index contributed by atoms with van der Waals surface area (Å²) in [5.41, 5.74) is 2.24. The molecule has 1 aromatic rings. The number of likely N-dealkylation sites (N-methyl/N-ethyl adjacent to an activating group) is 1. The number of hydrogen-bond acceptors (Lipinski definition) is 4. The minimum Gasteiger partial charge on any atom is -0.366 e. The highest BCUT2D eigenvalue weighted by Gasteiger charge is 2.30. The van der Waals surface area contributed by atoms with Crippen molar-refractivity contribution in [1.82, 2.24) is 10.2 Å². The number of carbonyl (C=O) groups excluding carboxylic acids is 2. The van der Waals surface area contributed by atoms with Gasteiger partial charge in [-0.25, -0.2) is 0 Å². The van der Waals surface area contributed by atoms with Crippen LogP contribution in [-0.4, -0.2) is 62.7 Å². The topological polar surface area (TPSA) is 61.9 Å². The summed E-state index contributed by atoms with van der Waals surface area (Å²) in [6, 6.07) is 8.02. The van der Waals surface area contributed by atoms with E-state index in [0.29, 0.717) is 26.2 Å². The first-order valence-corrected chi connectivity index (χ1v) is 7.63. The van der Waals surface area contributed by atoms with Gasteiger partial charge in [-0.05, 0) is 18.1 Å². The second-order valence-electron chi connectivity index (χ2n) is 5.63. The number of carbonyl (C=O) groups is 2. The molecule has 118 valence electrons. The average molecular weight is 303 g/mol. The third kappa shape index (κ3) is 2.98. The van der Waals surface area contributed by atoms with Crippen molar-refractivity contribution in [2.45, 2.75) is 12.5 Å². The first-order chi connectivity index (χ1) is 10.7. The van der Waals surface area contributed by atoms with Crippen LogP contribution < -0.4 is 10.2 Å². The molecule has 0 aliphatic carbocycles. The Morgan fingerprint density at radius 2 is 2.14 bits per heavy atom. The molecule has 1 aromatic carbocycles. The van der Waals surface area contributed by atoms with E-state index in [9.17, 15) is 9.59 Å². The van der Waals surface area contributed by atoms with Crippen LogP contribution in [-0.2, 0) is 20.7 Å². The van der Waals surface area contributed by atoms with Crippen LogP contribution in [0.15, 0.2) is 24.3 Å². The summed E-state index contributed by atoms with van der Waals surface area (Å²) in [4.78, 5) is 28.1. The maximum atomic E-state index is 12.6. The Hall–Kier alpha value is -1.92. The van der Waals surface area contributed by atoms with E-state index in [1.807, 2.05) is 28.0 Å². The van der Waals surface area contributed by atoms with Crippen LogP contribution >= 0.6 is 0 Å². The van der Waals surface area contributed by atoms with Gasteiger partial charge in [0.25, 0.3) is 0 Å². The Bertz CT molecular complexity index is 576. The Kier molecular flexibility index (Phi) is 4.40. The fourth-order valence-electron chi connectivity index (χ4n) is 3.04. The van der Waals surface area contributed by atoms with E-state index in [1.165, 1.54) is 5.56 Å². The number of ether oxygens (including phenoxy) is 1. The third-order valence-electron chi connectivity index (χ3n) is 4.24. The second-order valence-corrected chi connectivity index (χ2v) is 5.63. The van der Waals surface area contributed by atoms with Crippen LogP contribution in [0.1, 0.15) is 5.56 Å². The number of fused-ring (bicyclic) bond motifs is 1. The summed E-state index contributed by atoms with van der Waals surface area (Å²) in [6.07, 6.45) is 0.420. The van der Waals surface area contributed by atoms with Gasteiger partial charge in [-0.3, -0.25) is 14.5 Å². The van der Waals surface area contributed by atoms with E-state index < -0.39 is 6.10 Å². The molecule has 6 heteroatoms. The van der Waals surface area contributed by atoms with E-state index in [-0.39, 0.29) is 11.8 Å². The summed E-state index contributed by atoms with van der Waals surface area (Å²) in [5, 5.41) is 2.59. The lowest BCUT2D eigenvalue weighted by Gasteiger charge is -2.32. The van der Waals surface area contributed by atoms with E-state index in [4.69, 9.17) is 4.74 Å². The van der Waals surface area contributed by atoms with Crippen molar-refractivity contribution >= 4 is 17.5 Å². The number of benzene rings is 1. The Balaban J connectivity index is 1.62. The first-order valence-electron chi connectivity index (χ1n) is 7.63. The lowest BCUT2D eigenvalue weighted by molar-refractivity contribution is -0.139. The van der Waals surface area contributed by atoms with Gasteiger partial charge in [-0.1, -0.05) is 18.2 Å². The number of nitrogens with one attached hydrogen (secondary N) is 1. The van der Waals surface area contributed by atoms with Gasteiger partial charge in [0, 0.05) is 32.4 Å². The van der Waals surface area contributed by atoms with Gasteiger partial charge in [0.05, 0.1) is 13.2 Å². The van der Waals surface area contributed by atoms with Gasteiger partial charge in [0.2, 0.25) is 11.8 Å². The summed E-state index contributed by atoms with van der Waals surface area (Å²) in [6.45, 7) is 2.67. The summed E-state index contributed by atoms with van der Waals surface area (Å²) in [7, 11) is 1.59. The molecule has 0 spiro atoms. The predicted octanol–water partition coefficient (Wildman–Crippen LogP) is 0.0225. The lowest BCUT2D eigenvalue weighted by Crippen LogP contribution is -2.51. The number of hydrogen-bond donors (Lipinski definition) is 1. The molecule has 0 radical (unpaired) electrons. The molecule has 3 rings (SSSR count). The molecule has 2 heterocycles. The van der Waals surface area contributed by atoms with E-state index in [1.54, 1.807) is 7.05 Å². The molecule has 0 bridgehead atoms. The molecule has 1 fully saturated rings. The predicted molar refractivity (Wildman–Crippen MR) is 82.7 cm³/mol. The van der Waals surface area contributed by atoms with Crippen molar-refractivity contribution in [3.8, 4) is 0 Å². The number of morpholine rings is 1. The summed E-state index contributed by atoms with van der Waals surface area (Å²) in [5.74, 6) is -0.0498. The highest BCUT2D eigenvalue weighted by Crippen LogP contribution is 2.27. The van der Waals surface area contributed by atoms with Gasteiger partial charge in [-0.2, -0.15) is 0 Å². The van der Waals surface area contributed by atoms with Gasteiger partial charge >= 0.3 is 0 Å². The Morgan fingerprint density at radius 1 is 1.32 bits per heavy atom. The maximum Gasteiger partial charge on any atom is 0.250 e. The SMILES string of the molecule is CNC(=O)C1CN(CC(=O)N2CCc3ccccc32)CCO1. The van der Waals surface area contributed by atoms with E-state index >= 15 is 0 Å². The summed E-state index contributed by atoms with van der Waals surface area (Å²) >= 11 is 0. The van der Waals surface area contributed by atoms with Crippen LogP contribution in [0.3, 0.4) is 0 Å². The minimum absolute atomic E-state index is 0.0857. The van der Waals surface area contributed by atoms with Crippen molar-refractivity contribution < 1.29 is 14.3 Å². The van der Waals surface area contributed by atoms with Crippen molar-refractivity contribution in [2.75, 3.05) is 44.7 Å². The monoisotopic (exact) mass is 303 g/mol. The molecule has 2 amide bonds. The van der Waals surface area contributed by atoms with Crippen LogP contribution in [0, 0.1) is 0 Å². The number of anilines is 1. The first kappa shape index (κ1) is 15.0. The zero-order valence-corrected chi connectivity index (χ0v) is 12.7. The van der Waals surface area contributed by atoms with E-state index in [0.717, 1.165) is 18.7 Å². The second kappa shape index (κ2) is 6.46. The average Bonchev–Trinajstić information content (AvgIpc) is 2.98. The summed E-state index contributed by atoms with van der Waals surface area (Å²) < 4.78 is 5.45. The highest BCUT2D eigenvalue weighted by molar-refractivity contribution is 5.96. The molecule has 2 aliphatic rings. The third-order valence-corrected chi connectivity index (χ3v) is 4.24. The molecule has 0 saturated carbocycles. The normalized spacial score (nSPS) is 21.5. The molecular formula is C16H21N3O3. The van der Waals surface area contributed by atoms with Crippen LogP contribution in [0.25, 0.3) is 0 Å². The van der Waals surface area contributed by atoms with E-state index in [2.05, 4.69) is 11.4 Å². The Morgan fingerprint density at radius 3 is 2.95 bits per heavy atom. The molecule has 1 unspecified atom stereocenters. The zero-order valence-electron chi connectivity index (χ0n) is 12.7. The molecular weight excluding hydrogens is 282 g/mol. The van der Waals surface area contributed by atoms with Gasteiger partial charge in [-0.15, -0.1) is 0 Å². The maximum absolute atomic E-state index is 12.6. The fraction of sp³-hybridized carbons (Fsp3) is 0.500. The molecule has 1 atom stereocenters. The molecule has 0 aromatic heterocycles. The minimum atomic E-state index is -0.489. The molecule has 22 heavy (non-hydrogen) atoms. The van der Waals surface area contributed by atoms with Gasteiger partial charge < -0.3 is 15.0 Å². The number of amides is 2. The largest absolute Gasteiger partial charge is 0.366 e. The number of rotatable bonds is 3. The lowest BCUT2D eigenvalue weighted by atomic mass is 10.2. The van der Waals surface area contributed by atoms with Crippen LogP contribution in [0.4, 0.5) is 5.69 Å². The Labute approximate surface area is 130 Å². The van der Waals surface area contributed by atoms with Crippen LogP contribution in [0.2, 0.25) is 0 Å². The zero-order chi connectivity index (χ0) is 15.5. The molecule has 1 N–H and O–H groups in total. The van der Waals surface area contributed by atoms with Crippen molar-refractivity contribution in [3.63, 3.8) is 0 Å². The molecule has 6 nitrogen and oxygen atoms in total. The molecule has 1 saturated heterocycles. The number of nitrogens with zero attached hydrogens (tertiary/aromatic N) is 2. The molecule has 2 aliphatic heterocycles. The van der Waals surface area contributed by atoms with Gasteiger partial charge in [0.15, 0.2) is 0 Å². The highest BCUT2D eigenvalue weighted by atomic mass is 16.5. The van der Waals surface area contributed by atoms with Gasteiger partial charge in [0.1, 0.15) is 6.10 Å². The quantitative estimate of drug-likeness (QED) is 0.855. The smallest absolute Gasteiger partial charge is 0.250 e. The van der Waals surface area contributed by atoms with Crippen LogP contribution in [0.5, 0.6) is 0 Å². The fourth-order valence-corrected chi connectivity index (χ4v) is 3.04.